The Bertz CT molecular complexity index is 245. The van der Waals surface area contributed by atoms with Crippen molar-refractivity contribution in [2.45, 2.75) is 13.5 Å². The van der Waals surface area contributed by atoms with Gasteiger partial charge in [0.15, 0.2) is 0 Å². The fraction of sp³-hybridized carbons (Fsp3) is 0.333. The first-order valence-electron chi connectivity index (χ1n) is 3.66. The molecule has 0 unspecified atom stereocenters. The molecule has 0 aliphatic rings. The summed E-state index contributed by atoms with van der Waals surface area (Å²) >= 11 is 0. The van der Waals surface area contributed by atoms with E-state index in [-0.39, 0.29) is 6.61 Å². The van der Waals surface area contributed by atoms with Crippen LogP contribution in [0.25, 0.3) is 0 Å². The number of benzene rings is 1. The van der Waals surface area contributed by atoms with Crippen LogP contribution in [0, 0.1) is 6.92 Å². The zero-order valence-electron chi connectivity index (χ0n) is 6.89. The first kappa shape index (κ1) is 8.08. The average Bonchev–Trinajstić information content (AvgIpc) is 2.04. The number of anilines is 1. The van der Waals surface area contributed by atoms with E-state index in [1.807, 2.05) is 32.2 Å². The largest absolute Gasteiger partial charge is 0.392 e. The van der Waals surface area contributed by atoms with E-state index in [2.05, 4.69) is 5.32 Å². The summed E-state index contributed by atoms with van der Waals surface area (Å²) in [6, 6.07) is 5.87. The van der Waals surface area contributed by atoms with E-state index in [9.17, 15) is 0 Å². The molecule has 0 spiro atoms. The smallest absolute Gasteiger partial charge is 0.0681 e. The van der Waals surface area contributed by atoms with E-state index in [0.717, 1.165) is 11.3 Å². The van der Waals surface area contributed by atoms with E-state index in [4.69, 9.17) is 5.11 Å². The van der Waals surface area contributed by atoms with Crippen LogP contribution in [0.15, 0.2) is 18.2 Å². The average molecular weight is 151 g/mol. The maximum absolute atomic E-state index is 8.81. The molecular formula is C9H13NO. The molecule has 0 saturated carbocycles. The normalized spacial score (nSPS) is 9.73. The zero-order valence-corrected chi connectivity index (χ0v) is 6.89. The van der Waals surface area contributed by atoms with Crippen LogP contribution in [-0.4, -0.2) is 12.2 Å². The maximum atomic E-state index is 8.81. The summed E-state index contributed by atoms with van der Waals surface area (Å²) in [7, 11) is 1.89. The molecule has 11 heavy (non-hydrogen) atoms. The van der Waals surface area contributed by atoms with Gasteiger partial charge in [-0.15, -0.1) is 0 Å². The summed E-state index contributed by atoms with van der Waals surface area (Å²) < 4.78 is 0. The van der Waals surface area contributed by atoms with Crippen LogP contribution in [-0.2, 0) is 6.61 Å². The van der Waals surface area contributed by atoms with Gasteiger partial charge in [-0.05, 0) is 24.1 Å². The van der Waals surface area contributed by atoms with Gasteiger partial charge in [-0.25, -0.2) is 0 Å². The van der Waals surface area contributed by atoms with E-state index in [1.54, 1.807) is 0 Å². The molecule has 0 aliphatic carbocycles. The van der Waals surface area contributed by atoms with Crippen molar-refractivity contribution in [2.24, 2.45) is 0 Å². The minimum absolute atomic E-state index is 0.116. The van der Waals surface area contributed by atoms with Gasteiger partial charge in [-0.1, -0.05) is 12.1 Å². The Morgan fingerprint density at radius 3 is 2.64 bits per heavy atom. The maximum Gasteiger partial charge on any atom is 0.0681 e. The second-order valence-corrected chi connectivity index (χ2v) is 2.56. The Morgan fingerprint density at radius 1 is 1.45 bits per heavy atom. The van der Waals surface area contributed by atoms with Crippen molar-refractivity contribution in [1.29, 1.82) is 0 Å². The predicted molar refractivity (Wildman–Crippen MR) is 46.6 cm³/mol. The van der Waals surface area contributed by atoms with Gasteiger partial charge in [0.05, 0.1) is 6.61 Å². The molecular weight excluding hydrogens is 138 g/mol. The van der Waals surface area contributed by atoms with Crippen LogP contribution < -0.4 is 5.32 Å². The third-order valence-electron chi connectivity index (χ3n) is 1.74. The highest BCUT2D eigenvalue weighted by Crippen LogP contribution is 2.15. The monoisotopic (exact) mass is 151 g/mol. The summed E-state index contributed by atoms with van der Waals surface area (Å²) in [5.41, 5.74) is 3.24. The van der Waals surface area contributed by atoms with Crippen LogP contribution in [0.2, 0.25) is 0 Å². The standard InChI is InChI=1S/C9H13NO/c1-7-5-8(6-11)3-4-9(7)10-2/h3-5,10-11H,6H2,1-2H3. The van der Waals surface area contributed by atoms with Crippen LogP contribution in [0.3, 0.4) is 0 Å². The van der Waals surface area contributed by atoms with Crippen molar-refractivity contribution in [3.8, 4) is 0 Å². The van der Waals surface area contributed by atoms with Gasteiger partial charge in [-0.3, -0.25) is 0 Å². The van der Waals surface area contributed by atoms with E-state index < -0.39 is 0 Å². The first-order valence-corrected chi connectivity index (χ1v) is 3.66. The molecule has 0 fully saturated rings. The lowest BCUT2D eigenvalue weighted by atomic mass is 10.1. The summed E-state index contributed by atoms with van der Waals surface area (Å²) in [4.78, 5) is 0. The highest BCUT2D eigenvalue weighted by molar-refractivity contribution is 5.51. The fourth-order valence-electron chi connectivity index (χ4n) is 1.10. The Labute approximate surface area is 66.9 Å². The van der Waals surface area contributed by atoms with Crippen molar-refractivity contribution in [2.75, 3.05) is 12.4 Å². The Kier molecular flexibility index (Phi) is 2.49. The van der Waals surface area contributed by atoms with Crippen LogP contribution in [0.1, 0.15) is 11.1 Å². The summed E-state index contributed by atoms with van der Waals surface area (Å²) in [6.45, 7) is 2.13. The molecule has 60 valence electrons. The second-order valence-electron chi connectivity index (χ2n) is 2.56. The molecule has 2 N–H and O–H groups in total. The number of hydrogen-bond donors (Lipinski definition) is 2. The third-order valence-corrected chi connectivity index (χ3v) is 1.74. The Balaban J connectivity index is 2.99. The zero-order chi connectivity index (χ0) is 8.27. The van der Waals surface area contributed by atoms with Crippen LogP contribution >= 0.6 is 0 Å². The van der Waals surface area contributed by atoms with Crippen LogP contribution in [0.4, 0.5) is 5.69 Å². The quantitative estimate of drug-likeness (QED) is 0.671. The molecule has 1 aromatic rings. The molecule has 2 heteroatoms. The van der Waals surface area contributed by atoms with Gasteiger partial charge in [0.2, 0.25) is 0 Å². The number of rotatable bonds is 2. The SMILES string of the molecule is CNc1ccc(CO)cc1C. The third kappa shape index (κ3) is 1.71. The summed E-state index contributed by atoms with van der Waals surface area (Å²) in [5, 5.41) is 11.9. The van der Waals surface area contributed by atoms with Crippen molar-refractivity contribution < 1.29 is 5.11 Å². The van der Waals surface area contributed by atoms with Crippen LogP contribution in [0.5, 0.6) is 0 Å². The minimum Gasteiger partial charge on any atom is -0.392 e. The fourth-order valence-corrected chi connectivity index (χ4v) is 1.10. The molecule has 0 radical (unpaired) electrons. The second kappa shape index (κ2) is 3.39. The number of hydrogen-bond acceptors (Lipinski definition) is 2. The lowest BCUT2D eigenvalue weighted by molar-refractivity contribution is 0.282. The van der Waals surface area contributed by atoms with Crippen molar-refractivity contribution >= 4 is 5.69 Å². The van der Waals surface area contributed by atoms with E-state index in [1.165, 1.54) is 5.56 Å². The Morgan fingerprint density at radius 2 is 2.18 bits per heavy atom. The minimum atomic E-state index is 0.116. The molecule has 1 rings (SSSR count). The number of nitrogens with one attached hydrogen (secondary N) is 1. The van der Waals surface area contributed by atoms with Gasteiger partial charge in [0.25, 0.3) is 0 Å². The first-order chi connectivity index (χ1) is 5.27. The molecule has 2 nitrogen and oxygen atoms in total. The Hall–Kier alpha value is -1.02. The highest BCUT2D eigenvalue weighted by Gasteiger charge is 1.95. The molecule has 0 atom stereocenters. The summed E-state index contributed by atoms with van der Waals surface area (Å²) in [6.07, 6.45) is 0. The lowest BCUT2D eigenvalue weighted by Gasteiger charge is -2.05. The predicted octanol–water partition coefficient (Wildman–Crippen LogP) is 1.53. The topological polar surface area (TPSA) is 32.3 Å². The molecule has 0 aliphatic heterocycles. The highest BCUT2D eigenvalue weighted by atomic mass is 16.3. The molecule has 0 heterocycles. The van der Waals surface area contributed by atoms with E-state index >= 15 is 0 Å². The van der Waals surface area contributed by atoms with E-state index in [0.29, 0.717) is 0 Å². The van der Waals surface area contributed by atoms with Crippen molar-refractivity contribution in [3.05, 3.63) is 29.3 Å². The molecule has 0 bridgehead atoms. The van der Waals surface area contributed by atoms with Gasteiger partial charge < -0.3 is 10.4 Å². The van der Waals surface area contributed by atoms with Gasteiger partial charge in [0, 0.05) is 12.7 Å². The van der Waals surface area contributed by atoms with Gasteiger partial charge in [-0.2, -0.15) is 0 Å². The number of aliphatic hydroxyl groups excluding tert-OH is 1. The molecule has 0 saturated heterocycles. The van der Waals surface area contributed by atoms with Gasteiger partial charge >= 0.3 is 0 Å². The molecule has 0 amide bonds. The molecule has 0 aromatic heterocycles. The van der Waals surface area contributed by atoms with Crippen molar-refractivity contribution in [1.82, 2.24) is 0 Å². The number of aryl methyl sites for hydroxylation is 1. The molecule has 1 aromatic carbocycles. The number of aliphatic hydroxyl groups is 1. The summed E-state index contributed by atoms with van der Waals surface area (Å²) in [5.74, 6) is 0. The van der Waals surface area contributed by atoms with Gasteiger partial charge in [0.1, 0.15) is 0 Å². The lowest BCUT2D eigenvalue weighted by Crippen LogP contribution is -1.92. The van der Waals surface area contributed by atoms with Crippen molar-refractivity contribution in [3.63, 3.8) is 0 Å².